The molecule has 1 rings (SSSR count). The summed E-state index contributed by atoms with van der Waals surface area (Å²) >= 11 is 2.83. The minimum atomic E-state index is -4.29. The van der Waals surface area contributed by atoms with E-state index in [4.69, 9.17) is 16.2 Å². The summed E-state index contributed by atoms with van der Waals surface area (Å²) in [6.07, 6.45) is 0. The van der Waals surface area contributed by atoms with Gasteiger partial charge in [0.05, 0.1) is 10.4 Å². The fourth-order valence-corrected chi connectivity index (χ4v) is 1.18. The van der Waals surface area contributed by atoms with Gasteiger partial charge in [-0.05, 0) is 24.2 Å². The van der Waals surface area contributed by atoms with Gasteiger partial charge >= 0.3 is 0 Å². The number of hydrogen-bond donors (Lipinski definition) is 0. The smallest absolute Gasteiger partial charge is 0.207 e. The Kier molecular flexibility index (Phi) is 1.38. The summed E-state index contributed by atoms with van der Waals surface area (Å²) in [4.78, 5) is -0.803. The first-order valence-electron chi connectivity index (χ1n) is 4.38. The molecular formula is C6H4BrClO2S. The van der Waals surface area contributed by atoms with Crippen molar-refractivity contribution < 1.29 is 13.9 Å². The molecule has 0 aliphatic heterocycles. The molecule has 0 aliphatic rings. The Balaban J connectivity index is 3.84. The van der Waals surface area contributed by atoms with Crippen molar-refractivity contribution in [2.24, 2.45) is 0 Å². The predicted molar refractivity (Wildman–Crippen MR) is 47.2 cm³/mol. The van der Waals surface area contributed by atoms with Gasteiger partial charge in [-0.1, -0.05) is 15.9 Å². The van der Waals surface area contributed by atoms with Gasteiger partial charge in [0.15, 0.2) is 0 Å². The highest BCUT2D eigenvalue weighted by Gasteiger charge is 2.07. The normalized spacial score (nSPS) is 16.5. The minimum Gasteiger partial charge on any atom is -0.207 e. The van der Waals surface area contributed by atoms with Crippen molar-refractivity contribution in [2.75, 3.05) is 0 Å². The van der Waals surface area contributed by atoms with E-state index in [9.17, 15) is 8.42 Å². The van der Waals surface area contributed by atoms with E-state index in [1.54, 1.807) is 0 Å². The summed E-state index contributed by atoms with van der Waals surface area (Å²) in [6.45, 7) is 0. The van der Waals surface area contributed by atoms with Crippen molar-refractivity contribution >= 4 is 35.7 Å². The highest BCUT2D eigenvalue weighted by Crippen LogP contribution is 2.17. The Labute approximate surface area is 83.4 Å². The van der Waals surface area contributed by atoms with Gasteiger partial charge in [0.2, 0.25) is 0 Å². The second kappa shape index (κ2) is 3.13. The Morgan fingerprint density at radius 1 is 1.36 bits per heavy atom. The van der Waals surface area contributed by atoms with E-state index in [2.05, 4.69) is 15.9 Å². The van der Waals surface area contributed by atoms with Crippen LogP contribution in [0.15, 0.2) is 33.5 Å². The van der Waals surface area contributed by atoms with Crippen LogP contribution in [0.25, 0.3) is 0 Å². The van der Waals surface area contributed by atoms with Crippen LogP contribution in [-0.4, -0.2) is 8.42 Å². The largest absolute Gasteiger partial charge is 0.261 e. The summed E-state index contributed by atoms with van der Waals surface area (Å²) in [5, 5.41) is 0. The molecule has 0 saturated carbocycles. The Bertz CT molecular complexity index is 501. The summed E-state index contributed by atoms with van der Waals surface area (Å²) in [7, 11) is 0.726. The van der Waals surface area contributed by atoms with Gasteiger partial charge in [-0.3, -0.25) is 0 Å². The Hall–Kier alpha value is -0.0600. The first kappa shape index (κ1) is 4.84. The van der Waals surface area contributed by atoms with Crippen LogP contribution in [-0.2, 0) is 9.05 Å². The zero-order valence-electron chi connectivity index (χ0n) is 8.98. The van der Waals surface area contributed by atoms with Crippen molar-refractivity contribution in [3.05, 3.63) is 28.6 Å². The predicted octanol–water partition coefficient (Wildman–Crippen LogP) is 2.38. The van der Waals surface area contributed by atoms with Crippen molar-refractivity contribution in [1.82, 2.24) is 0 Å². The molecule has 0 atom stereocenters. The first-order chi connectivity index (χ1) is 6.68. The van der Waals surface area contributed by atoms with Gasteiger partial charge in [0, 0.05) is 15.2 Å². The third-order valence-electron chi connectivity index (χ3n) is 0.815. The molecule has 0 saturated heterocycles. The van der Waals surface area contributed by atoms with E-state index in [-0.39, 0.29) is 4.47 Å². The molecule has 0 radical (unpaired) electrons. The third-order valence-corrected chi connectivity index (χ3v) is 2.37. The van der Waals surface area contributed by atoms with Gasteiger partial charge < -0.3 is 0 Å². The fourth-order valence-electron chi connectivity index (χ4n) is 0.408. The molecule has 0 heterocycles. The van der Waals surface area contributed by atoms with Gasteiger partial charge in [-0.15, -0.1) is 0 Å². The molecule has 0 fully saturated rings. The maximum atomic E-state index is 11.0. The van der Waals surface area contributed by atoms with Crippen LogP contribution < -0.4 is 0 Å². The minimum absolute atomic E-state index is 0.0958. The molecular weight excluding hydrogens is 251 g/mol. The van der Waals surface area contributed by atoms with Crippen LogP contribution in [0.1, 0.15) is 5.48 Å². The molecule has 0 N–H and O–H groups in total. The summed E-state index contributed by atoms with van der Waals surface area (Å²) in [5.41, 5.74) is 0. The maximum Gasteiger partial charge on any atom is 0.261 e. The SMILES string of the molecule is [2H]c1c([2H])c(S(=O)(=O)Cl)c([2H])c([2H])c1Br. The van der Waals surface area contributed by atoms with Crippen molar-refractivity contribution in [2.45, 2.75) is 4.90 Å². The molecule has 2 nitrogen and oxygen atoms in total. The Morgan fingerprint density at radius 2 is 1.82 bits per heavy atom. The maximum absolute atomic E-state index is 11.0. The van der Waals surface area contributed by atoms with Crippen molar-refractivity contribution in [3.8, 4) is 0 Å². The van der Waals surface area contributed by atoms with Gasteiger partial charge in [0.1, 0.15) is 0 Å². The molecule has 0 amide bonds. The number of rotatable bonds is 1. The van der Waals surface area contributed by atoms with Crippen LogP contribution in [0.3, 0.4) is 0 Å². The lowest BCUT2D eigenvalue weighted by Gasteiger charge is -1.93. The molecule has 1 aromatic rings. The average molecular weight is 260 g/mol. The van der Waals surface area contributed by atoms with Crippen LogP contribution in [0.4, 0.5) is 0 Å². The fraction of sp³-hybridized carbons (Fsp3) is 0. The van der Waals surface area contributed by atoms with E-state index in [1.165, 1.54) is 0 Å². The first-order valence-corrected chi connectivity index (χ1v) is 5.48. The molecule has 0 spiro atoms. The summed E-state index contributed by atoms with van der Waals surface area (Å²) in [6, 6.07) is -2.32. The van der Waals surface area contributed by atoms with Crippen LogP contribution in [0.5, 0.6) is 0 Å². The lowest BCUT2D eigenvalue weighted by molar-refractivity contribution is 0.609. The molecule has 60 valence electrons. The lowest BCUT2D eigenvalue weighted by Crippen LogP contribution is -1.88. The van der Waals surface area contributed by atoms with Gasteiger partial charge in [0.25, 0.3) is 9.05 Å². The zero-order chi connectivity index (χ0) is 12.0. The molecule has 11 heavy (non-hydrogen) atoms. The van der Waals surface area contributed by atoms with Gasteiger partial charge in [-0.2, -0.15) is 0 Å². The van der Waals surface area contributed by atoms with Crippen molar-refractivity contribution in [1.29, 1.82) is 0 Å². The van der Waals surface area contributed by atoms with E-state index in [0.29, 0.717) is 0 Å². The summed E-state index contributed by atoms with van der Waals surface area (Å²) in [5.74, 6) is 0. The summed E-state index contributed by atoms with van der Waals surface area (Å²) < 4.78 is 51.3. The van der Waals surface area contributed by atoms with Gasteiger partial charge in [-0.25, -0.2) is 8.42 Å². The van der Waals surface area contributed by atoms with Crippen LogP contribution >= 0.6 is 26.6 Å². The second-order valence-corrected chi connectivity index (χ2v) is 4.88. The molecule has 0 aromatic heterocycles. The standard InChI is InChI=1S/C6H4BrClO2S/c7-5-1-3-6(4-2-5)11(8,9)10/h1-4H/i1D,2D,3D,4D. The van der Waals surface area contributed by atoms with E-state index < -0.39 is 38.1 Å². The molecule has 0 bridgehead atoms. The van der Waals surface area contributed by atoms with Crippen molar-refractivity contribution in [3.63, 3.8) is 0 Å². The monoisotopic (exact) mass is 258 g/mol. The molecule has 5 heteroatoms. The average Bonchev–Trinajstić information content (AvgIpc) is 2.09. The molecule has 0 unspecified atom stereocenters. The number of halogens is 2. The topological polar surface area (TPSA) is 34.1 Å². The quantitative estimate of drug-likeness (QED) is 0.726. The van der Waals surface area contributed by atoms with E-state index >= 15 is 0 Å². The number of hydrogen-bond acceptors (Lipinski definition) is 2. The Morgan fingerprint density at radius 3 is 2.18 bits per heavy atom. The zero-order valence-corrected chi connectivity index (χ0v) is 8.14. The highest BCUT2D eigenvalue weighted by molar-refractivity contribution is 9.10. The van der Waals surface area contributed by atoms with Crippen LogP contribution in [0.2, 0.25) is 0 Å². The molecule has 0 aliphatic carbocycles. The molecule has 1 aromatic carbocycles. The van der Waals surface area contributed by atoms with E-state index in [1.807, 2.05) is 0 Å². The number of benzene rings is 1. The lowest BCUT2D eigenvalue weighted by atomic mass is 10.4. The third kappa shape index (κ3) is 2.47. The highest BCUT2D eigenvalue weighted by atomic mass is 79.9. The van der Waals surface area contributed by atoms with Crippen LogP contribution in [0, 0.1) is 0 Å². The van der Waals surface area contributed by atoms with E-state index in [0.717, 1.165) is 0 Å². The second-order valence-electron chi connectivity index (χ2n) is 1.58.